The van der Waals surface area contributed by atoms with Crippen LogP contribution in [0.15, 0.2) is 24.3 Å². The van der Waals surface area contributed by atoms with Crippen molar-refractivity contribution in [1.82, 2.24) is 5.32 Å². The molecule has 0 radical (unpaired) electrons. The summed E-state index contributed by atoms with van der Waals surface area (Å²) >= 11 is 0. The first-order valence-corrected chi connectivity index (χ1v) is 5.33. The van der Waals surface area contributed by atoms with Gasteiger partial charge in [-0.2, -0.15) is 0 Å². The third kappa shape index (κ3) is 2.12. The van der Waals surface area contributed by atoms with Gasteiger partial charge in [-0.3, -0.25) is 4.79 Å². The summed E-state index contributed by atoms with van der Waals surface area (Å²) in [4.78, 5) is 11.7. The lowest BCUT2D eigenvalue weighted by molar-refractivity contribution is 0.0931. The zero-order valence-electron chi connectivity index (χ0n) is 9.08. The molecule has 15 heavy (non-hydrogen) atoms. The van der Waals surface area contributed by atoms with Gasteiger partial charge in [-0.15, -0.1) is 0 Å². The van der Waals surface area contributed by atoms with E-state index in [2.05, 4.69) is 24.5 Å². The highest BCUT2D eigenvalue weighted by Crippen LogP contribution is 2.21. The first-order chi connectivity index (χ1) is 7.16. The van der Waals surface area contributed by atoms with Crippen LogP contribution in [0.4, 0.5) is 5.69 Å². The van der Waals surface area contributed by atoms with Crippen LogP contribution in [0.1, 0.15) is 30.6 Å². The zero-order chi connectivity index (χ0) is 10.8. The summed E-state index contributed by atoms with van der Waals surface area (Å²) in [6, 6.07) is 7.60. The number of benzene rings is 1. The number of hydrogen-bond acceptors (Lipinski definition) is 2. The topological polar surface area (TPSA) is 41.1 Å². The Kier molecular flexibility index (Phi) is 2.62. The highest BCUT2D eigenvalue weighted by Gasteiger charge is 2.22. The molecule has 1 atom stereocenters. The summed E-state index contributed by atoms with van der Waals surface area (Å²) in [6.07, 6.45) is 1.01. The Hall–Kier alpha value is -1.51. The van der Waals surface area contributed by atoms with Crippen molar-refractivity contribution in [3.05, 3.63) is 29.8 Å². The Balaban J connectivity index is 2.19. The predicted molar refractivity (Wildman–Crippen MR) is 60.8 cm³/mol. The van der Waals surface area contributed by atoms with Crippen LogP contribution in [-0.4, -0.2) is 12.1 Å². The third-order valence-electron chi connectivity index (χ3n) is 2.51. The summed E-state index contributed by atoms with van der Waals surface area (Å²) in [7, 11) is 0. The molecule has 2 rings (SSSR count). The Labute approximate surface area is 89.9 Å². The molecule has 0 aromatic heterocycles. The molecule has 0 unspecified atom stereocenters. The second-order valence-electron chi connectivity index (χ2n) is 4.35. The molecule has 2 N–H and O–H groups in total. The SMILES string of the molecule is CC(C)C[C@H]1NC(=O)c2ccccc2N1. The molecule has 1 aromatic carbocycles. The van der Waals surface area contributed by atoms with E-state index in [1.807, 2.05) is 24.3 Å². The second-order valence-corrected chi connectivity index (χ2v) is 4.35. The number of amides is 1. The van der Waals surface area contributed by atoms with E-state index in [1.165, 1.54) is 0 Å². The van der Waals surface area contributed by atoms with Crippen molar-refractivity contribution >= 4 is 11.6 Å². The largest absolute Gasteiger partial charge is 0.365 e. The Morgan fingerprint density at radius 2 is 2.00 bits per heavy atom. The van der Waals surface area contributed by atoms with Crippen LogP contribution in [0.5, 0.6) is 0 Å². The van der Waals surface area contributed by atoms with Gasteiger partial charge in [0.15, 0.2) is 0 Å². The van der Waals surface area contributed by atoms with Gasteiger partial charge < -0.3 is 10.6 Å². The highest BCUT2D eigenvalue weighted by atomic mass is 16.2. The second kappa shape index (κ2) is 3.93. The van der Waals surface area contributed by atoms with E-state index in [4.69, 9.17) is 0 Å². The maximum absolute atomic E-state index is 11.7. The van der Waals surface area contributed by atoms with Gasteiger partial charge >= 0.3 is 0 Å². The fourth-order valence-corrected chi connectivity index (χ4v) is 1.86. The zero-order valence-corrected chi connectivity index (χ0v) is 9.08. The van der Waals surface area contributed by atoms with Crippen molar-refractivity contribution in [3.8, 4) is 0 Å². The molecule has 1 aliphatic heterocycles. The van der Waals surface area contributed by atoms with Gasteiger partial charge in [0, 0.05) is 5.69 Å². The van der Waals surface area contributed by atoms with E-state index in [9.17, 15) is 4.79 Å². The molecule has 1 amide bonds. The van der Waals surface area contributed by atoms with Crippen LogP contribution >= 0.6 is 0 Å². The Morgan fingerprint density at radius 3 is 2.73 bits per heavy atom. The molecular formula is C12H16N2O. The molecule has 0 fully saturated rings. The van der Waals surface area contributed by atoms with Crippen molar-refractivity contribution in [1.29, 1.82) is 0 Å². The fraction of sp³-hybridized carbons (Fsp3) is 0.417. The van der Waals surface area contributed by atoms with Gasteiger partial charge in [-0.1, -0.05) is 26.0 Å². The minimum Gasteiger partial charge on any atom is -0.365 e. The van der Waals surface area contributed by atoms with Crippen LogP contribution in [0.2, 0.25) is 0 Å². The number of hydrogen-bond donors (Lipinski definition) is 2. The highest BCUT2D eigenvalue weighted by molar-refractivity contribution is 6.01. The third-order valence-corrected chi connectivity index (χ3v) is 2.51. The van der Waals surface area contributed by atoms with Crippen molar-refractivity contribution in [2.75, 3.05) is 5.32 Å². The first-order valence-electron chi connectivity index (χ1n) is 5.33. The van der Waals surface area contributed by atoms with Gasteiger partial charge in [-0.25, -0.2) is 0 Å². The average Bonchev–Trinajstić information content (AvgIpc) is 2.16. The molecule has 1 aromatic rings. The number of fused-ring (bicyclic) bond motifs is 1. The van der Waals surface area contributed by atoms with E-state index < -0.39 is 0 Å². The van der Waals surface area contributed by atoms with Crippen molar-refractivity contribution in [2.45, 2.75) is 26.4 Å². The van der Waals surface area contributed by atoms with Crippen LogP contribution in [0.3, 0.4) is 0 Å². The quantitative estimate of drug-likeness (QED) is 0.775. The van der Waals surface area contributed by atoms with Gasteiger partial charge in [0.2, 0.25) is 0 Å². The lowest BCUT2D eigenvalue weighted by atomic mass is 10.0. The number of anilines is 1. The molecule has 1 heterocycles. The molecule has 0 saturated heterocycles. The van der Waals surface area contributed by atoms with Crippen molar-refractivity contribution < 1.29 is 4.79 Å². The Morgan fingerprint density at radius 1 is 1.27 bits per heavy atom. The van der Waals surface area contributed by atoms with Crippen molar-refractivity contribution in [2.24, 2.45) is 5.92 Å². The molecule has 0 spiro atoms. The maximum atomic E-state index is 11.7. The maximum Gasteiger partial charge on any atom is 0.254 e. The summed E-state index contributed by atoms with van der Waals surface area (Å²) in [5.41, 5.74) is 1.67. The molecule has 80 valence electrons. The van der Waals surface area contributed by atoms with Crippen molar-refractivity contribution in [3.63, 3.8) is 0 Å². The number of nitrogens with one attached hydrogen (secondary N) is 2. The van der Waals surface area contributed by atoms with Gasteiger partial charge in [0.25, 0.3) is 5.91 Å². The smallest absolute Gasteiger partial charge is 0.254 e. The molecule has 0 aliphatic carbocycles. The number of carbonyl (C=O) groups is 1. The van der Waals surface area contributed by atoms with Crippen LogP contribution in [0, 0.1) is 5.92 Å². The van der Waals surface area contributed by atoms with Gasteiger partial charge in [0.1, 0.15) is 0 Å². The van der Waals surface area contributed by atoms with E-state index in [1.54, 1.807) is 0 Å². The molecule has 3 heteroatoms. The number of rotatable bonds is 2. The van der Waals surface area contributed by atoms with Crippen LogP contribution < -0.4 is 10.6 Å². The predicted octanol–water partition coefficient (Wildman–Crippen LogP) is 2.21. The summed E-state index contributed by atoms with van der Waals surface area (Å²) in [6.45, 7) is 4.29. The van der Waals surface area contributed by atoms with E-state index in [0.29, 0.717) is 5.92 Å². The van der Waals surface area contributed by atoms with Crippen LogP contribution in [-0.2, 0) is 0 Å². The molecular weight excluding hydrogens is 188 g/mol. The number of carbonyl (C=O) groups excluding carboxylic acids is 1. The number of para-hydroxylation sites is 1. The molecule has 3 nitrogen and oxygen atoms in total. The Bertz CT molecular complexity index is 374. The van der Waals surface area contributed by atoms with E-state index >= 15 is 0 Å². The summed E-state index contributed by atoms with van der Waals surface area (Å²) in [5, 5.41) is 6.28. The van der Waals surface area contributed by atoms with E-state index in [0.717, 1.165) is 17.7 Å². The minimum atomic E-state index is 0.0231. The molecule has 1 aliphatic rings. The molecule has 0 bridgehead atoms. The lowest BCUT2D eigenvalue weighted by Crippen LogP contribution is -2.45. The first kappa shape index (κ1) is 10.0. The monoisotopic (exact) mass is 204 g/mol. The summed E-state index contributed by atoms with van der Waals surface area (Å²) in [5.74, 6) is 0.586. The van der Waals surface area contributed by atoms with Gasteiger partial charge in [-0.05, 0) is 24.5 Å². The average molecular weight is 204 g/mol. The van der Waals surface area contributed by atoms with Gasteiger partial charge in [0.05, 0.1) is 11.7 Å². The minimum absolute atomic E-state index is 0.0231. The normalized spacial score (nSPS) is 19.4. The summed E-state index contributed by atoms with van der Waals surface area (Å²) < 4.78 is 0. The molecule has 0 saturated carbocycles. The fourth-order valence-electron chi connectivity index (χ4n) is 1.86. The van der Waals surface area contributed by atoms with E-state index in [-0.39, 0.29) is 12.1 Å². The lowest BCUT2D eigenvalue weighted by Gasteiger charge is -2.28. The standard InChI is InChI=1S/C12H16N2O/c1-8(2)7-11-13-10-6-4-3-5-9(10)12(15)14-11/h3-6,8,11,13H,7H2,1-2H3,(H,14,15)/t11-/m1/s1. The van der Waals surface area contributed by atoms with Crippen LogP contribution in [0.25, 0.3) is 0 Å².